The first-order valence-electron chi connectivity index (χ1n) is 10.9. The summed E-state index contributed by atoms with van der Waals surface area (Å²) in [4.78, 5) is 4.88. The quantitative estimate of drug-likeness (QED) is 0.301. The van der Waals surface area contributed by atoms with Gasteiger partial charge in [-0.1, -0.05) is 48.6 Å². The molecule has 2 aromatic rings. The van der Waals surface area contributed by atoms with E-state index in [2.05, 4.69) is 107 Å². The Morgan fingerprint density at radius 1 is 0.655 bits per heavy atom. The lowest BCUT2D eigenvalue weighted by atomic mass is 10.2. The molecule has 0 aliphatic carbocycles. The number of allylic oxidation sites excluding steroid dienone is 2. The fraction of sp³-hybridized carbons (Fsp3) is 0.385. The number of thioether (sulfide) groups is 1. The van der Waals surface area contributed by atoms with Crippen LogP contribution in [0.3, 0.4) is 0 Å². The Bertz CT molecular complexity index is 636. The van der Waals surface area contributed by atoms with Crippen molar-refractivity contribution in [2.75, 3.05) is 36.0 Å². The minimum atomic E-state index is 1.06. The van der Waals surface area contributed by atoms with Crippen LogP contribution < -0.4 is 9.80 Å². The highest BCUT2D eigenvalue weighted by atomic mass is 32.2. The number of anilines is 2. The molecule has 0 heterocycles. The molecule has 0 aromatic heterocycles. The van der Waals surface area contributed by atoms with Crippen molar-refractivity contribution in [3.8, 4) is 0 Å². The first-order valence-corrected chi connectivity index (χ1v) is 11.8. The Morgan fingerprint density at radius 2 is 1.07 bits per heavy atom. The van der Waals surface area contributed by atoms with Gasteiger partial charge in [-0.25, -0.2) is 0 Å². The number of unbranched alkanes of at least 4 members (excludes halogenated alkanes) is 2. The zero-order valence-electron chi connectivity index (χ0n) is 18.0. The standard InChI is InChI=1S/C26H36N2S/c1-3-27(25-17-9-5-10-18-25)21-13-7-15-23-29-24-16-8-14-22-28(4-2)26-19-11-6-12-20-26/h5-6,9-12,15-20,23-24H,3-4,7-8,13-14,21-22H2,1-2H3. The molecule has 0 fully saturated rings. The van der Waals surface area contributed by atoms with E-state index in [1.54, 1.807) is 11.8 Å². The van der Waals surface area contributed by atoms with Crippen LogP contribution in [0.4, 0.5) is 11.4 Å². The molecule has 0 saturated carbocycles. The normalized spacial score (nSPS) is 11.4. The van der Waals surface area contributed by atoms with Crippen molar-refractivity contribution in [1.82, 2.24) is 0 Å². The Kier molecular flexibility index (Phi) is 11.8. The van der Waals surface area contributed by atoms with Gasteiger partial charge in [0, 0.05) is 37.6 Å². The topological polar surface area (TPSA) is 6.48 Å². The van der Waals surface area contributed by atoms with E-state index in [0.717, 1.165) is 39.0 Å². The Hall–Kier alpha value is -2.13. The minimum Gasteiger partial charge on any atom is -0.372 e. The number of nitrogens with zero attached hydrogens (tertiary/aromatic N) is 2. The summed E-state index contributed by atoms with van der Waals surface area (Å²) in [5.41, 5.74) is 2.65. The maximum absolute atomic E-state index is 2.44. The molecule has 0 amide bonds. The average Bonchev–Trinajstić information content (AvgIpc) is 2.78. The van der Waals surface area contributed by atoms with Crippen molar-refractivity contribution in [3.05, 3.63) is 83.6 Å². The maximum Gasteiger partial charge on any atom is 0.0366 e. The van der Waals surface area contributed by atoms with Gasteiger partial charge in [-0.05, 0) is 74.6 Å². The molecule has 0 unspecified atom stereocenters. The van der Waals surface area contributed by atoms with E-state index in [9.17, 15) is 0 Å². The number of rotatable bonds is 14. The molecule has 0 atom stereocenters. The first-order chi connectivity index (χ1) is 14.3. The van der Waals surface area contributed by atoms with Crippen LogP contribution in [-0.4, -0.2) is 26.2 Å². The third-order valence-corrected chi connectivity index (χ3v) is 5.65. The molecule has 0 bridgehead atoms. The number of hydrogen-bond acceptors (Lipinski definition) is 3. The van der Waals surface area contributed by atoms with Gasteiger partial charge in [-0.3, -0.25) is 0 Å². The molecule has 156 valence electrons. The molecule has 2 rings (SSSR count). The lowest BCUT2D eigenvalue weighted by Gasteiger charge is -2.22. The van der Waals surface area contributed by atoms with E-state index in [4.69, 9.17) is 0 Å². The van der Waals surface area contributed by atoms with Crippen molar-refractivity contribution >= 4 is 23.1 Å². The average molecular weight is 409 g/mol. The van der Waals surface area contributed by atoms with Crippen molar-refractivity contribution in [2.45, 2.75) is 39.5 Å². The number of para-hydroxylation sites is 2. The zero-order chi connectivity index (χ0) is 20.6. The summed E-state index contributed by atoms with van der Waals surface area (Å²) in [7, 11) is 0. The van der Waals surface area contributed by atoms with Gasteiger partial charge < -0.3 is 9.80 Å². The Balaban J connectivity index is 1.54. The van der Waals surface area contributed by atoms with Gasteiger partial charge in [0.1, 0.15) is 0 Å². The summed E-state index contributed by atoms with van der Waals surface area (Å²) >= 11 is 1.79. The molecule has 2 nitrogen and oxygen atoms in total. The maximum atomic E-state index is 2.44. The van der Waals surface area contributed by atoms with Gasteiger partial charge in [-0.15, -0.1) is 11.8 Å². The molecule has 0 N–H and O–H groups in total. The van der Waals surface area contributed by atoms with Crippen molar-refractivity contribution in [1.29, 1.82) is 0 Å². The second-order valence-electron chi connectivity index (χ2n) is 6.99. The van der Waals surface area contributed by atoms with E-state index in [1.807, 2.05) is 0 Å². The van der Waals surface area contributed by atoms with Crippen LogP contribution >= 0.6 is 11.8 Å². The summed E-state index contributed by atoms with van der Waals surface area (Å²) in [5.74, 6) is 0. The smallest absolute Gasteiger partial charge is 0.0366 e. The van der Waals surface area contributed by atoms with E-state index in [-0.39, 0.29) is 0 Å². The Labute approximate surface area is 182 Å². The molecular formula is C26H36N2S. The van der Waals surface area contributed by atoms with Crippen LogP contribution in [0.25, 0.3) is 0 Å². The van der Waals surface area contributed by atoms with Gasteiger partial charge in [0.25, 0.3) is 0 Å². The molecule has 3 heteroatoms. The predicted molar refractivity (Wildman–Crippen MR) is 133 cm³/mol. The van der Waals surface area contributed by atoms with E-state index in [0.29, 0.717) is 0 Å². The summed E-state index contributed by atoms with van der Waals surface area (Å²) in [5, 5.41) is 4.44. The van der Waals surface area contributed by atoms with Crippen LogP contribution in [0.5, 0.6) is 0 Å². The molecule has 0 spiro atoms. The molecule has 2 aromatic carbocycles. The highest BCUT2D eigenvalue weighted by Gasteiger charge is 2.02. The molecule has 0 aliphatic rings. The minimum absolute atomic E-state index is 1.06. The van der Waals surface area contributed by atoms with Gasteiger partial charge in [0.2, 0.25) is 0 Å². The van der Waals surface area contributed by atoms with Crippen LogP contribution in [0.15, 0.2) is 83.6 Å². The van der Waals surface area contributed by atoms with Crippen molar-refractivity contribution in [2.24, 2.45) is 0 Å². The van der Waals surface area contributed by atoms with Crippen LogP contribution in [0, 0.1) is 0 Å². The van der Waals surface area contributed by atoms with Crippen molar-refractivity contribution < 1.29 is 0 Å². The van der Waals surface area contributed by atoms with E-state index < -0.39 is 0 Å². The molecule has 0 saturated heterocycles. The third-order valence-electron chi connectivity index (χ3n) is 4.95. The van der Waals surface area contributed by atoms with Gasteiger partial charge >= 0.3 is 0 Å². The molecule has 0 aliphatic heterocycles. The highest BCUT2D eigenvalue weighted by molar-refractivity contribution is 8.04. The molecule has 29 heavy (non-hydrogen) atoms. The summed E-state index contributed by atoms with van der Waals surface area (Å²) in [6.45, 7) is 8.80. The fourth-order valence-corrected chi connectivity index (χ4v) is 3.89. The number of benzene rings is 2. The van der Waals surface area contributed by atoms with Crippen LogP contribution in [0.1, 0.15) is 39.5 Å². The molecule has 0 radical (unpaired) electrons. The largest absolute Gasteiger partial charge is 0.372 e. The summed E-state index contributed by atoms with van der Waals surface area (Å²) < 4.78 is 0. The van der Waals surface area contributed by atoms with Gasteiger partial charge in [-0.2, -0.15) is 0 Å². The summed E-state index contributed by atoms with van der Waals surface area (Å²) in [6.07, 6.45) is 9.23. The zero-order valence-corrected chi connectivity index (χ0v) is 18.9. The fourth-order valence-electron chi connectivity index (χ4n) is 3.31. The molecular weight excluding hydrogens is 372 g/mol. The van der Waals surface area contributed by atoms with Crippen LogP contribution in [0.2, 0.25) is 0 Å². The van der Waals surface area contributed by atoms with Crippen molar-refractivity contribution in [3.63, 3.8) is 0 Å². The number of hydrogen-bond donors (Lipinski definition) is 0. The summed E-state index contributed by atoms with van der Waals surface area (Å²) in [6, 6.07) is 21.4. The second kappa shape index (κ2) is 14.8. The monoisotopic (exact) mass is 408 g/mol. The lowest BCUT2D eigenvalue weighted by Crippen LogP contribution is -2.23. The van der Waals surface area contributed by atoms with E-state index in [1.165, 1.54) is 24.2 Å². The third kappa shape index (κ3) is 9.27. The van der Waals surface area contributed by atoms with E-state index >= 15 is 0 Å². The highest BCUT2D eigenvalue weighted by Crippen LogP contribution is 2.15. The second-order valence-corrected chi connectivity index (χ2v) is 7.81. The first kappa shape index (κ1) is 23.2. The predicted octanol–water partition coefficient (Wildman–Crippen LogP) is 7.36. The van der Waals surface area contributed by atoms with Crippen LogP contribution in [-0.2, 0) is 0 Å². The van der Waals surface area contributed by atoms with Gasteiger partial charge in [0.05, 0.1) is 0 Å². The lowest BCUT2D eigenvalue weighted by molar-refractivity contribution is 0.757. The van der Waals surface area contributed by atoms with Gasteiger partial charge in [0.15, 0.2) is 0 Å². The Morgan fingerprint density at radius 3 is 1.45 bits per heavy atom. The SMILES string of the molecule is CCN(CCCC=CSC=CCCCN(CC)c1ccccc1)c1ccccc1.